The molecule has 0 aromatic carbocycles. The molecule has 1 heterocycles. The lowest BCUT2D eigenvalue weighted by Gasteiger charge is -2.28. The summed E-state index contributed by atoms with van der Waals surface area (Å²) in [6, 6.07) is -0.509. The van der Waals surface area contributed by atoms with Gasteiger partial charge in [-0.1, -0.05) is 13.8 Å². The van der Waals surface area contributed by atoms with Gasteiger partial charge in [0, 0.05) is 18.7 Å². The SMILES string of the molecule is CCCC(=O)N1CSCC1C(=O)N(CCC)CC(=O)O. The fourth-order valence-electron chi connectivity index (χ4n) is 2.16. The molecule has 1 unspecified atom stereocenters. The highest BCUT2D eigenvalue weighted by Gasteiger charge is 2.36. The van der Waals surface area contributed by atoms with Crippen molar-refractivity contribution >= 4 is 29.5 Å². The number of hydrogen-bond donors (Lipinski definition) is 1. The van der Waals surface area contributed by atoms with E-state index in [4.69, 9.17) is 5.11 Å². The van der Waals surface area contributed by atoms with Gasteiger partial charge in [-0.25, -0.2) is 0 Å². The monoisotopic (exact) mass is 302 g/mol. The Bertz CT molecular complexity index is 375. The van der Waals surface area contributed by atoms with Gasteiger partial charge in [-0.2, -0.15) is 0 Å². The van der Waals surface area contributed by atoms with E-state index in [-0.39, 0.29) is 18.4 Å². The third-order valence-corrected chi connectivity index (χ3v) is 4.10. The maximum Gasteiger partial charge on any atom is 0.323 e. The van der Waals surface area contributed by atoms with Crippen LogP contribution in [0, 0.1) is 0 Å². The third kappa shape index (κ3) is 4.40. The number of nitrogens with zero attached hydrogens (tertiary/aromatic N) is 2. The lowest BCUT2D eigenvalue weighted by Crippen LogP contribution is -2.50. The van der Waals surface area contributed by atoms with E-state index in [1.165, 1.54) is 16.7 Å². The average Bonchev–Trinajstić information content (AvgIpc) is 2.86. The number of hydrogen-bond acceptors (Lipinski definition) is 4. The number of amides is 2. The molecule has 1 fully saturated rings. The summed E-state index contributed by atoms with van der Waals surface area (Å²) in [6.45, 7) is 3.92. The molecule has 0 saturated carbocycles. The largest absolute Gasteiger partial charge is 0.480 e. The first-order valence-electron chi connectivity index (χ1n) is 6.89. The maximum absolute atomic E-state index is 12.4. The van der Waals surface area contributed by atoms with Crippen molar-refractivity contribution in [2.75, 3.05) is 24.7 Å². The van der Waals surface area contributed by atoms with Gasteiger partial charge in [-0.3, -0.25) is 14.4 Å². The second-order valence-corrected chi connectivity index (χ2v) is 5.78. The predicted octanol–water partition coefficient (Wildman–Crippen LogP) is 1.01. The summed E-state index contributed by atoms with van der Waals surface area (Å²) >= 11 is 1.54. The van der Waals surface area contributed by atoms with Crippen LogP contribution in [0.2, 0.25) is 0 Å². The van der Waals surface area contributed by atoms with Crippen LogP contribution in [0.4, 0.5) is 0 Å². The van der Waals surface area contributed by atoms with Crippen LogP contribution >= 0.6 is 11.8 Å². The topological polar surface area (TPSA) is 77.9 Å². The molecule has 1 aliphatic rings. The van der Waals surface area contributed by atoms with Crippen LogP contribution in [-0.2, 0) is 14.4 Å². The number of rotatable bonds is 7. The molecule has 6 nitrogen and oxygen atoms in total. The fourth-order valence-corrected chi connectivity index (χ4v) is 3.33. The lowest BCUT2D eigenvalue weighted by atomic mass is 10.2. The molecule has 114 valence electrons. The van der Waals surface area contributed by atoms with Gasteiger partial charge in [0.05, 0.1) is 5.88 Å². The van der Waals surface area contributed by atoms with Crippen molar-refractivity contribution in [2.45, 2.75) is 39.2 Å². The van der Waals surface area contributed by atoms with Gasteiger partial charge < -0.3 is 14.9 Å². The van der Waals surface area contributed by atoms with Crippen molar-refractivity contribution in [2.24, 2.45) is 0 Å². The van der Waals surface area contributed by atoms with Crippen LogP contribution in [-0.4, -0.2) is 63.5 Å². The van der Waals surface area contributed by atoms with Crippen LogP contribution in [0.15, 0.2) is 0 Å². The van der Waals surface area contributed by atoms with E-state index in [0.717, 1.165) is 6.42 Å². The molecule has 0 aliphatic carbocycles. The zero-order chi connectivity index (χ0) is 15.1. The molecule has 7 heteroatoms. The summed E-state index contributed by atoms with van der Waals surface area (Å²) in [5, 5.41) is 8.88. The second kappa shape index (κ2) is 8.14. The highest BCUT2D eigenvalue weighted by Crippen LogP contribution is 2.23. The van der Waals surface area contributed by atoms with E-state index in [2.05, 4.69) is 0 Å². The standard InChI is InChI=1S/C13H22N2O4S/c1-3-5-11(16)15-9-20-8-10(15)13(19)14(6-4-2)7-12(17)18/h10H,3-9H2,1-2H3,(H,17,18). The Morgan fingerprint density at radius 3 is 2.55 bits per heavy atom. The normalized spacial score (nSPS) is 18.1. The zero-order valence-electron chi connectivity index (χ0n) is 12.0. The number of carbonyl (C=O) groups excluding carboxylic acids is 2. The Balaban J connectivity index is 2.75. The first kappa shape index (κ1) is 16.8. The van der Waals surface area contributed by atoms with Crippen molar-refractivity contribution in [3.8, 4) is 0 Å². The van der Waals surface area contributed by atoms with E-state index < -0.39 is 12.0 Å². The average molecular weight is 302 g/mol. The van der Waals surface area contributed by atoms with Crippen LogP contribution in [0.3, 0.4) is 0 Å². The molecule has 0 radical (unpaired) electrons. The summed E-state index contributed by atoms with van der Waals surface area (Å²) in [4.78, 5) is 38.2. The number of carboxylic acid groups (broad SMARTS) is 1. The number of thioether (sulfide) groups is 1. The van der Waals surface area contributed by atoms with E-state index in [0.29, 0.717) is 31.0 Å². The molecular weight excluding hydrogens is 280 g/mol. The zero-order valence-corrected chi connectivity index (χ0v) is 12.8. The summed E-state index contributed by atoms with van der Waals surface area (Å²) in [6.07, 6.45) is 1.87. The van der Waals surface area contributed by atoms with Crippen LogP contribution < -0.4 is 0 Å². The van der Waals surface area contributed by atoms with Gasteiger partial charge in [0.15, 0.2) is 0 Å². The molecule has 0 spiro atoms. The molecule has 2 amide bonds. The second-order valence-electron chi connectivity index (χ2n) is 4.78. The van der Waals surface area contributed by atoms with Crippen LogP contribution in [0.5, 0.6) is 0 Å². The van der Waals surface area contributed by atoms with Gasteiger partial charge in [0.1, 0.15) is 12.6 Å². The van der Waals surface area contributed by atoms with Crippen molar-refractivity contribution in [3.05, 3.63) is 0 Å². The Morgan fingerprint density at radius 2 is 2.00 bits per heavy atom. The minimum atomic E-state index is -1.02. The number of carboxylic acids is 1. The molecule has 1 aliphatic heterocycles. The molecule has 0 aromatic rings. The summed E-state index contributed by atoms with van der Waals surface area (Å²) < 4.78 is 0. The Kier molecular flexibility index (Phi) is 6.84. The van der Waals surface area contributed by atoms with Crippen molar-refractivity contribution < 1.29 is 19.5 Å². The van der Waals surface area contributed by atoms with Crippen LogP contribution in [0.25, 0.3) is 0 Å². The van der Waals surface area contributed by atoms with Gasteiger partial charge in [0.2, 0.25) is 11.8 Å². The van der Waals surface area contributed by atoms with Gasteiger partial charge in [-0.05, 0) is 12.8 Å². The van der Waals surface area contributed by atoms with E-state index >= 15 is 0 Å². The quantitative estimate of drug-likeness (QED) is 0.759. The highest BCUT2D eigenvalue weighted by molar-refractivity contribution is 7.99. The van der Waals surface area contributed by atoms with Gasteiger partial charge in [0.25, 0.3) is 0 Å². The lowest BCUT2D eigenvalue weighted by molar-refractivity contribution is -0.148. The molecular formula is C13H22N2O4S. The fraction of sp³-hybridized carbons (Fsp3) is 0.769. The van der Waals surface area contributed by atoms with E-state index in [1.807, 2.05) is 13.8 Å². The van der Waals surface area contributed by atoms with Crippen molar-refractivity contribution in [1.82, 2.24) is 9.80 Å². The summed E-state index contributed by atoms with van der Waals surface area (Å²) in [7, 11) is 0. The Hall–Kier alpha value is -1.24. The number of carbonyl (C=O) groups is 3. The Labute approximate surface area is 123 Å². The summed E-state index contributed by atoms with van der Waals surface area (Å²) in [5.74, 6) is -0.230. The molecule has 1 N–H and O–H groups in total. The molecule has 1 atom stereocenters. The predicted molar refractivity (Wildman–Crippen MR) is 77.4 cm³/mol. The molecule has 20 heavy (non-hydrogen) atoms. The van der Waals surface area contributed by atoms with Crippen molar-refractivity contribution in [1.29, 1.82) is 0 Å². The number of aliphatic carboxylic acids is 1. The first-order chi connectivity index (χ1) is 9.51. The molecule has 1 rings (SSSR count). The van der Waals surface area contributed by atoms with Gasteiger partial charge >= 0.3 is 5.97 Å². The highest BCUT2D eigenvalue weighted by atomic mass is 32.2. The minimum absolute atomic E-state index is 0.0253. The minimum Gasteiger partial charge on any atom is -0.480 e. The van der Waals surface area contributed by atoms with E-state index in [9.17, 15) is 14.4 Å². The van der Waals surface area contributed by atoms with Crippen molar-refractivity contribution in [3.63, 3.8) is 0 Å². The first-order valence-corrected chi connectivity index (χ1v) is 8.04. The maximum atomic E-state index is 12.4. The third-order valence-electron chi connectivity index (χ3n) is 3.08. The molecule has 0 bridgehead atoms. The molecule has 0 aromatic heterocycles. The smallest absolute Gasteiger partial charge is 0.323 e. The molecule has 1 saturated heterocycles. The van der Waals surface area contributed by atoms with E-state index in [1.54, 1.807) is 4.90 Å². The van der Waals surface area contributed by atoms with Gasteiger partial charge in [-0.15, -0.1) is 11.8 Å². The Morgan fingerprint density at radius 1 is 1.30 bits per heavy atom. The van der Waals surface area contributed by atoms with Crippen LogP contribution in [0.1, 0.15) is 33.1 Å². The summed E-state index contributed by atoms with van der Waals surface area (Å²) in [5.41, 5.74) is 0.